The third kappa shape index (κ3) is 4.36. The van der Waals surface area contributed by atoms with Crippen molar-refractivity contribution in [2.24, 2.45) is 0 Å². The van der Waals surface area contributed by atoms with Crippen LogP contribution >= 0.6 is 0 Å². The summed E-state index contributed by atoms with van der Waals surface area (Å²) in [5.74, 6) is 4.49. The summed E-state index contributed by atoms with van der Waals surface area (Å²) in [6.07, 6.45) is 0. The Morgan fingerprint density at radius 3 is 1.87 bits per heavy atom. The van der Waals surface area contributed by atoms with Crippen LogP contribution < -0.4 is 9.47 Å². The van der Waals surface area contributed by atoms with E-state index in [9.17, 15) is 0 Å². The van der Waals surface area contributed by atoms with Crippen molar-refractivity contribution < 1.29 is 13.9 Å². The molecule has 0 spiro atoms. The Labute approximate surface area is 297 Å². The van der Waals surface area contributed by atoms with Crippen molar-refractivity contribution in [3.05, 3.63) is 158 Å². The molecule has 10 aromatic rings. The summed E-state index contributed by atoms with van der Waals surface area (Å²) in [6, 6.07) is 52.7. The quantitative estimate of drug-likeness (QED) is 0.185. The predicted octanol–water partition coefficient (Wildman–Crippen LogP) is 11.8. The molecule has 52 heavy (non-hydrogen) atoms. The fourth-order valence-corrected chi connectivity index (χ4v) is 7.33. The Hall–Kier alpha value is -7.25. The zero-order valence-corrected chi connectivity index (χ0v) is 27.5. The van der Waals surface area contributed by atoms with Gasteiger partial charge in [-0.2, -0.15) is 0 Å². The van der Waals surface area contributed by atoms with Gasteiger partial charge in [0.15, 0.2) is 40.5 Å². The highest BCUT2D eigenvalue weighted by Gasteiger charge is 2.26. The van der Waals surface area contributed by atoms with E-state index in [1.807, 2.05) is 109 Å². The average Bonchev–Trinajstić information content (AvgIpc) is 3.76. The van der Waals surface area contributed by atoms with Gasteiger partial charge in [0.05, 0.1) is 11.1 Å². The van der Waals surface area contributed by atoms with Gasteiger partial charge in [0, 0.05) is 38.4 Å². The minimum absolute atomic E-state index is 0.545. The van der Waals surface area contributed by atoms with Crippen LogP contribution in [-0.2, 0) is 0 Å². The second kappa shape index (κ2) is 11.1. The maximum atomic E-state index is 6.65. The predicted molar refractivity (Wildman–Crippen MR) is 204 cm³/mol. The molecule has 0 radical (unpaired) electrons. The molecule has 7 nitrogen and oxygen atoms in total. The van der Waals surface area contributed by atoms with Crippen molar-refractivity contribution in [3.8, 4) is 62.8 Å². The van der Waals surface area contributed by atoms with E-state index in [1.165, 1.54) is 0 Å². The molecular weight excluding hydrogens is 645 g/mol. The van der Waals surface area contributed by atoms with Gasteiger partial charge in [0.2, 0.25) is 0 Å². The number of aromatic nitrogens is 4. The molecule has 0 saturated carbocycles. The number of rotatable bonds is 4. The molecular formula is C45H26N4O3. The van der Waals surface area contributed by atoms with Gasteiger partial charge < -0.3 is 18.5 Å². The van der Waals surface area contributed by atoms with Crippen LogP contribution in [0.1, 0.15) is 0 Å². The minimum Gasteiger partial charge on any atom is -0.455 e. The Morgan fingerprint density at radius 1 is 0.442 bits per heavy atom. The van der Waals surface area contributed by atoms with Crippen molar-refractivity contribution in [2.75, 3.05) is 0 Å². The summed E-state index contributed by atoms with van der Waals surface area (Å²) in [4.78, 5) is 14.9. The number of ether oxygens (including phenoxy) is 2. The molecule has 0 N–H and O–H groups in total. The lowest BCUT2D eigenvalue weighted by Crippen LogP contribution is -2.02. The minimum atomic E-state index is 0.545. The maximum Gasteiger partial charge on any atom is 0.194 e. The molecule has 0 bridgehead atoms. The highest BCUT2D eigenvalue weighted by atomic mass is 16.6. The van der Waals surface area contributed by atoms with E-state index in [4.69, 9.17) is 28.8 Å². The summed E-state index contributed by atoms with van der Waals surface area (Å²) in [7, 11) is 0. The molecule has 0 atom stereocenters. The molecule has 1 aliphatic rings. The normalized spacial score (nSPS) is 12.2. The molecule has 0 unspecified atom stereocenters. The smallest absolute Gasteiger partial charge is 0.194 e. The zero-order valence-electron chi connectivity index (χ0n) is 27.5. The van der Waals surface area contributed by atoms with Crippen molar-refractivity contribution in [1.82, 2.24) is 19.5 Å². The second-order valence-corrected chi connectivity index (χ2v) is 12.8. The number of hydrogen-bond donors (Lipinski definition) is 0. The van der Waals surface area contributed by atoms with Crippen LogP contribution in [0, 0.1) is 0 Å². The number of hydrogen-bond acceptors (Lipinski definition) is 6. The molecule has 1 aliphatic heterocycles. The van der Waals surface area contributed by atoms with Crippen LogP contribution in [-0.4, -0.2) is 19.5 Å². The molecule has 4 heterocycles. The standard InChI is InChI=1S/C45H26N4O3/c1-3-12-27(13-4-1)43-46-44(28-14-5-2-6-15-28)48-45(47-43)33-18-11-17-32-34-26-29(22-24-36(34)51-41(32)33)49-35-19-8-7-16-30(35)31-23-25-39-42(40(31)49)52-38-21-10-9-20-37(38)50-39/h1-26H. The van der Waals surface area contributed by atoms with E-state index in [2.05, 4.69) is 53.1 Å². The molecule has 0 saturated heterocycles. The number of nitrogens with zero attached hydrogens (tertiary/aromatic N) is 4. The topological polar surface area (TPSA) is 75.2 Å². The van der Waals surface area contributed by atoms with Gasteiger partial charge in [-0.1, -0.05) is 103 Å². The first-order chi connectivity index (χ1) is 25.8. The van der Waals surface area contributed by atoms with E-state index in [0.717, 1.165) is 60.5 Å². The summed E-state index contributed by atoms with van der Waals surface area (Å²) in [5, 5.41) is 4.15. The number of furan rings is 1. The van der Waals surface area contributed by atoms with Gasteiger partial charge in [0.1, 0.15) is 16.7 Å². The lowest BCUT2D eigenvalue weighted by Gasteiger charge is -2.22. The number of benzene rings is 7. The van der Waals surface area contributed by atoms with Gasteiger partial charge in [-0.3, -0.25) is 0 Å². The summed E-state index contributed by atoms with van der Waals surface area (Å²) in [6.45, 7) is 0. The van der Waals surface area contributed by atoms with Crippen LogP contribution in [0.2, 0.25) is 0 Å². The zero-order chi connectivity index (χ0) is 34.2. The summed E-state index contributed by atoms with van der Waals surface area (Å²) in [5.41, 5.74) is 7.08. The van der Waals surface area contributed by atoms with E-state index in [0.29, 0.717) is 46.1 Å². The number of para-hydroxylation sites is 4. The molecule has 7 heteroatoms. The van der Waals surface area contributed by atoms with Gasteiger partial charge in [0.25, 0.3) is 0 Å². The van der Waals surface area contributed by atoms with Crippen LogP contribution in [0.15, 0.2) is 162 Å². The Morgan fingerprint density at radius 2 is 1.10 bits per heavy atom. The van der Waals surface area contributed by atoms with Gasteiger partial charge in [-0.15, -0.1) is 0 Å². The molecule has 11 rings (SSSR count). The highest BCUT2D eigenvalue weighted by molar-refractivity contribution is 6.13. The fourth-order valence-electron chi connectivity index (χ4n) is 7.33. The molecule has 7 aromatic carbocycles. The Balaban J connectivity index is 1.12. The second-order valence-electron chi connectivity index (χ2n) is 12.8. The van der Waals surface area contributed by atoms with Crippen molar-refractivity contribution in [3.63, 3.8) is 0 Å². The van der Waals surface area contributed by atoms with E-state index in [-0.39, 0.29) is 0 Å². The highest BCUT2D eigenvalue weighted by Crippen LogP contribution is 2.51. The van der Waals surface area contributed by atoms with E-state index < -0.39 is 0 Å². The third-order valence-corrected chi connectivity index (χ3v) is 9.71. The first-order valence-corrected chi connectivity index (χ1v) is 17.1. The lowest BCUT2D eigenvalue weighted by atomic mass is 10.1. The average molecular weight is 671 g/mol. The van der Waals surface area contributed by atoms with Crippen LogP contribution in [0.5, 0.6) is 23.0 Å². The summed E-state index contributed by atoms with van der Waals surface area (Å²) < 4.78 is 21.8. The summed E-state index contributed by atoms with van der Waals surface area (Å²) >= 11 is 0. The molecule has 244 valence electrons. The van der Waals surface area contributed by atoms with E-state index in [1.54, 1.807) is 0 Å². The molecule has 0 aliphatic carbocycles. The lowest BCUT2D eigenvalue weighted by molar-refractivity contribution is 0.362. The largest absolute Gasteiger partial charge is 0.455 e. The monoisotopic (exact) mass is 670 g/mol. The van der Waals surface area contributed by atoms with Crippen LogP contribution in [0.3, 0.4) is 0 Å². The van der Waals surface area contributed by atoms with Gasteiger partial charge in [-0.05, 0) is 54.6 Å². The maximum absolute atomic E-state index is 6.65. The first kappa shape index (κ1) is 28.6. The Kier molecular flexibility index (Phi) is 6.12. The van der Waals surface area contributed by atoms with Crippen molar-refractivity contribution in [2.45, 2.75) is 0 Å². The molecule has 0 fully saturated rings. The Bertz CT molecular complexity index is 2960. The molecule has 0 amide bonds. The third-order valence-electron chi connectivity index (χ3n) is 9.71. The van der Waals surface area contributed by atoms with Gasteiger partial charge in [-0.25, -0.2) is 15.0 Å². The van der Waals surface area contributed by atoms with Crippen molar-refractivity contribution in [1.29, 1.82) is 0 Å². The number of fused-ring (bicyclic) bond motifs is 9. The van der Waals surface area contributed by atoms with E-state index >= 15 is 0 Å². The van der Waals surface area contributed by atoms with Gasteiger partial charge >= 0.3 is 0 Å². The van der Waals surface area contributed by atoms with Crippen LogP contribution in [0.4, 0.5) is 0 Å². The van der Waals surface area contributed by atoms with Crippen LogP contribution in [0.25, 0.3) is 83.6 Å². The fraction of sp³-hybridized carbons (Fsp3) is 0. The van der Waals surface area contributed by atoms with Crippen molar-refractivity contribution >= 4 is 43.7 Å². The SMILES string of the molecule is c1ccc(-c2nc(-c3ccccc3)nc(-c3cccc4c3oc3ccc(-n5c6ccccc6c6ccc7c(c65)Oc5ccccc5O7)cc34)n2)cc1. The molecule has 3 aromatic heterocycles. The first-order valence-electron chi connectivity index (χ1n) is 17.1.